The Morgan fingerprint density at radius 2 is 1.83 bits per heavy atom. The van der Waals surface area contributed by atoms with Gasteiger partial charge in [-0.25, -0.2) is 8.42 Å². The molecule has 1 saturated heterocycles. The summed E-state index contributed by atoms with van der Waals surface area (Å²) in [6, 6.07) is 6.07. The first-order valence-corrected chi connectivity index (χ1v) is 12.0. The van der Waals surface area contributed by atoms with E-state index in [1.165, 1.54) is 0 Å². The van der Waals surface area contributed by atoms with E-state index in [2.05, 4.69) is 20.5 Å². The minimum absolute atomic E-state index is 0.0352. The van der Waals surface area contributed by atoms with Crippen molar-refractivity contribution in [3.63, 3.8) is 0 Å². The van der Waals surface area contributed by atoms with Crippen LogP contribution in [-0.4, -0.2) is 71.3 Å². The normalized spacial score (nSPS) is 17.7. The lowest BCUT2D eigenvalue weighted by Crippen LogP contribution is -2.45. The van der Waals surface area contributed by atoms with Crippen molar-refractivity contribution in [3.8, 4) is 11.5 Å². The fourth-order valence-electron chi connectivity index (χ4n) is 3.18. The minimum atomic E-state index is -3.19. The molecule has 1 unspecified atom stereocenters. The molecule has 0 radical (unpaired) electrons. The quantitative estimate of drug-likeness (QED) is 0.472. The van der Waals surface area contributed by atoms with Crippen molar-refractivity contribution in [3.05, 3.63) is 18.2 Å². The predicted molar refractivity (Wildman–Crippen MR) is 123 cm³/mol. The zero-order chi connectivity index (χ0) is 22.4. The van der Waals surface area contributed by atoms with Crippen molar-refractivity contribution >= 4 is 21.5 Å². The van der Waals surface area contributed by atoms with Crippen molar-refractivity contribution in [2.45, 2.75) is 44.9 Å². The van der Waals surface area contributed by atoms with Crippen LogP contribution < -0.4 is 25.0 Å². The third kappa shape index (κ3) is 6.42. The average molecular weight is 441 g/mol. The van der Waals surface area contributed by atoms with Gasteiger partial charge in [-0.3, -0.25) is 4.99 Å². The van der Waals surface area contributed by atoms with Crippen LogP contribution in [0.1, 0.15) is 34.1 Å². The molecular weight excluding hydrogens is 404 g/mol. The van der Waals surface area contributed by atoms with Gasteiger partial charge in [0.25, 0.3) is 0 Å². The lowest BCUT2D eigenvalue weighted by molar-refractivity contribution is 0.394. The number of hydrogen-bond donors (Lipinski definition) is 2. The summed E-state index contributed by atoms with van der Waals surface area (Å²) in [7, 11) is 0.101. The van der Waals surface area contributed by atoms with Crippen LogP contribution in [0.4, 0.5) is 5.69 Å². The molecule has 9 heteroatoms. The number of aliphatic imine (C=N–C) groups is 1. The number of benzene rings is 1. The molecule has 1 fully saturated rings. The lowest BCUT2D eigenvalue weighted by atomic mass is 10.2. The van der Waals surface area contributed by atoms with Crippen LogP contribution in [0, 0.1) is 0 Å². The van der Waals surface area contributed by atoms with Crippen LogP contribution in [0.25, 0.3) is 0 Å². The SMILES string of the molecule is CCNC(=NCCS(=O)(=O)C(C)(C)C)NC1CCN(c2cc(OC)cc(OC)c2)C1. The van der Waals surface area contributed by atoms with Crippen LogP contribution in [-0.2, 0) is 9.84 Å². The topological polar surface area (TPSA) is 92.3 Å². The van der Waals surface area contributed by atoms with Gasteiger partial charge in [-0.2, -0.15) is 0 Å². The first-order valence-electron chi connectivity index (χ1n) is 10.3. The summed E-state index contributed by atoms with van der Waals surface area (Å²) in [5.74, 6) is 2.20. The Hall–Kier alpha value is -2.16. The Morgan fingerprint density at radius 3 is 2.37 bits per heavy atom. The Balaban J connectivity index is 2.01. The molecule has 0 saturated carbocycles. The largest absolute Gasteiger partial charge is 0.497 e. The van der Waals surface area contributed by atoms with E-state index in [4.69, 9.17) is 9.47 Å². The Bertz CT molecular complexity index is 812. The second-order valence-electron chi connectivity index (χ2n) is 8.34. The molecule has 0 amide bonds. The lowest BCUT2D eigenvalue weighted by Gasteiger charge is -2.22. The number of rotatable bonds is 8. The van der Waals surface area contributed by atoms with Crippen molar-refractivity contribution in [2.24, 2.45) is 4.99 Å². The molecule has 1 atom stereocenters. The Morgan fingerprint density at radius 1 is 1.20 bits per heavy atom. The first-order chi connectivity index (χ1) is 14.1. The fraction of sp³-hybridized carbons (Fsp3) is 0.667. The van der Waals surface area contributed by atoms with Crippen molar-refractivity contribution < 1.29 is 17.9 Å². The number of hydrogen-bond acceptors (Lipinski definition) is 6. The molecule has 1 aromatic rings. The van der Waals surface area contributed by atoms with Gasteiger partial charge in [0.05, 0.1) is 31.3 Å². The highest BCUT2D eigenvalue weighted by Crippen LogP contribution is 2.30. The summed E-state index contributed by atoms with van der Waals surface area (Å²) in [5.41, 5.74) is 1.05. The molecule has 1 aromatic carbocycles. The highest BCUT2D eigenvalue weighted by molar-refractivity contribution is 7.92. The van der Waals surface area contributed by atoms with Gasteiger partial charge in [-0.1, -0.05) is 0 Å². The summed E-state index contributed by atoms with van der Waals surface area (Å²) in [4.78, 5) is 6.76. The second kappa shape index (κ2) is 10.2. The van der Waals surface area contributed by atoms with Crippen LogP contribution in [0.15, 0.2) is 23.2 Å². The molecule has 170 valence electrons. The van der Waals surface area contributed by atoms with Crippen LogP contribution in [0.3, 0.4) is 0 Å². The standard InChI is InChI=1S/C21H36N4O4S/c1-7-22-20(23-9-11-30(26,27)21(2,3)4)24-16-8-10-25(15-16)17-12-18(28-5)14-19(13-17)29-6/h12-14,16H,7-11,15H2,1-6H3,(H2,22,23,24). The maximum absolute atomic E-state index is 12.3. The van der Waals surface area contributed by atoms with Crippen molar-refractivity contribution in [1.82, 2.24) is 10.6 Å². The molecule has 2 rings (SSSR count). The zero-order valence-electron chi connectivity index (χ0n) is 19.0. The van der Waals surface area contributed by atoms with Gasteiger partial charge in [-0.05, 0) is 34.1 Å². The van der Waals surface area contributed by atoms with Gasteiger partial charge in [0.1, 0.15) is 11.5 Å². The number of sulfone groups is 1. The molecule has 1 aliphatic heterocycles. The van der Waals surface area contributed by atoms with E-state index in [-0.39, 0.29) is 18.3 Å². The summed E-state index contributed by atoms with van der Waals surface area (Å²) in [6.07, 6.45) is 0.949. The summed E-state index contributed by atoms with van der Waals surface area (Å²) in [6.45, 7) is 9.79. The Kier molecular flexibility index (Phi) is 8.23. The molecule has 8 nitrogen and oxygen atoms in total. The van der Waals surface area contributed by atoms with E-state index in [0.29, 0.717) is 12.5 Å². The average Bonchev–Trinajstić information content (AvgIpc) is 3.15. The Labute approximate surface area is 181 Å². The van der Waals surface area contributed by atoms with Crippen LogP contribution in [0.2, 0.25) is 0 Å². The molecule has 30 heavy (non-hydrogen) atoms. The van der Waals surface area contributed by atoms with E-state index in [1.807, 2.05) is 25.1 Å². The number of ether oxygens (including phenoxy) is 2. The van der Waals surface area contributed by atoms with Gasteiger partial charge in [0.2, 0.25) is 0 Å². The maximum atomic E-state index is 12.3. The fourth-order valence-corrected chi connectivity index (χ4v) is 4.13. The number of anilines is 1. The van der Waals surface area contributed by atoms with E-state index in [9.17, 15) is 8.42 Å². The van der Waals surface area contributed by atoms with Gasteiger partial charge in [-0.15, -0.1) is 0 Å². The zero-order valence-corrected chi connectivity index (χ0v) is 19.8. The number of nitrogens with one attached hydrogen (secondary N) is 2. The molecule has 0 aliphatic carbocycles. The third-order valence-corrected chi connectivity index (χ3v) is 7.72. The highest BCUT2D eigenvalue weighted by atomic mass is 32.2. The van der Waals surface area contributed by atoms with Crippen LogP contribution in [0.5, 0.6) is 11.5 Å². The number of guanidine groups is 1. The van der Waals surface area contributed by atoms with Gasteiger partial charge >= 0.3 is 0 Å². The van der Waals surface area contributed by atoms with Gasteiger partial charge < -0.3 is 25.0 Å². The molecule has 2 N–H and O–H groups in total. The number of nitrogens with zero attached hydrogens (tertiary/aromatic N) is 2. The van der Waals surface area contributed by atoms with E-state index in [1.54, 1.807) is 35.0 Å². The third-order valence-electron chi connectivity index (χ3n) is 5.14. The smallest absolute Gasteiger partial charge is 0.191 e. The molecule has 1 aliphatic rings. The van der Waals surface area contributed by atoms with Gasteiger partial charge in [0, 0.05) is 49.6 Å². The first kappa shape index (κ1) is 24.1. The second-order valence-corrected chi connectivity index (χ2v) is 11.2. The predicted octanol–water partition coefficient (Wildman–Crippen LogP) is 2.05. The summed E-state index contributed by atoms with van der Waals surface area (Å²) < 4.78 is 34.6. The van der Waals surface area contributed by atoms with E-state index >= 15 is 0 Å². The van der Waals surface area contributed by atoms with E-state index in [0.717, 1.165) is 36.7 Å². The molecule has 0 spiro atoms. The number of methoxy groups -OCH3 is 2. The highest BCUT2D eigenvalue weighted by Gasteiger charge is 2.28. The van der Waals surface area contributed by atoms with Crippen molar-refractivity contribution in [1.29, 1.82) is 0 Å². The molecule has 1 heterocycles. The maximum Gasteiger partial charge on any atom is 0.191 e. The molecule has 0 bridgehead atoms. The van der Waals surface area contributed by atoms with Gasteiger partial charge in [0.15, 0.2) is 15.8 Å². The van der Waals surface area contributed by atoms with Crippen LogP contribution >= 0.6 is 0 Å². The monoisotopic (exact) mass is 440 g/mol. The summed E-state index contributed by atoms with van der Waals surface area (Å²) >= 11 is 0. The summed E-state index contributed by atoms with van der Waals surface area (Å²) in [5, 5.41) is 6.65. The molecule has 0 aromatic heterocycles. The minimum Gasteiger partial charge on any atom is -0.497 e. The van der Waals surface area contributed by atoms with E-state index < -0.39 is 14.6 Å². The van der Waals surface area contributed by atoms with Crippen molar-refractivity contribution in [2.75, 3.05) is 51.1 Å². The molecular formula is C21H36N4O4S.